The van der Waals surface area contributed by atoms with E-state index in [1.165, 1.54) is 0 Å². The van der Waals surface area contributed by atoms with Crippen LogP contribution in [0.25, 0.3) is 0 Å². The number of pyridine rings is 1. The second-order valence-electron chi connectivity index (χ2n) is 4.26. The van der Waals surface area contributed by atoms with Crippen LogP contribution in [0.15, 0.2) is 42.7 Å². The highest BCUT2D eigenvalue weighted by molar-refractivity contribution is 5.95. The molecule has 0 aliphatic rings. The van der Waals surface area contributed by atoms with Crippen molar-refractivity contribution in [1.29, 1.82) is 0 Å². The van der Waals surface area contributed by atoms with Gasteiger partial charge in [-0.15, -0.1) is 0 Å². The van der Waals surface area contributed by atoms with Crippen molar-refractivity contribution in [2.75, 3.05) is 12.3 Å². The highest BCUT2D eigenvalue weighted by atomic mass is 16.5. The molecule has 5 nitrogen and oxygen atoms in total. The fourth-order valence-corrected chi connectivity index (χ4v) is 1.79. The Hall–Kier alpha value is -2.56. The van der Waals surface area contributed by atoms with Gasteiger partial charge in [-0.2, -0.15) is 0 Å². The number of rotatable bonds is 5. The summed E-state index contributed by atoms with van der Waals surface area (Å²) in [7, 11) is 0. The molecule has 1 aromatic carbocycles. The lowest BCUT2D eigenvalue weighted by Gasteiger charge is -2.09. The molecule has 0 saturated carbocycles. The van der Waals surface area contributed by atoms with Gasteiger partial charge in [0.05, 0.1) is 6.61 Å². The van der Waals surface area contributed by atoms with Crippen molar-refractivity contribution in [2.45, 2.75) is 13.5 Å². The number of carbonyl (C=O) groups is 1. The van der Waals surface area contributed by atoms with Crippen LogP contribution in [0.2, 0.25) is 0 Å². The molecular formula is C15H17N3O2. The lowest BCUT2D eigenvalue weighted by molar-refractivity contribution is 0.0950. The van der Waals surface area contributed by atoms with Gasteiger partial charge in [0.15, 0.2) is 0 Å². The van der Waals surface area contributed by atoms with Crippen LogP contribution in [-0.4, -0.2) is 17.5 Å². The molecule has 5 heteroatoms. The van der Waals surface area contributed by atoms with Gasteiger partial charge in [0.2, 0.25) is 0 Å². The Bertz CT molecular complexity index is 585. The number of hydrogen-bond donors (Lipinski definition) is 2. The summed E-state index contributed by atoms with van der Waals surface area (Å²) in [6, 6.07) is 8.71. The lowest BCUT2D eigenvalue weighted by Crippen LogP contribution is -2.23. The maximum atomic E-state index is 12.1. The zero-order valence-electron chi connectivity index (χ0n) is 11.3. The lowest BCUT2D eigenvalue weighted by atomic mass is 10.1. The van der Waals surface area contributed by atoms with Crippen LogP contribution in [0, 0.1) is 0 Å². The molecule has 20 heavy (non-hydrogen) atoms. The predicted molar refractivity (Wildman–Crippen MR) is 77.4 cm³/mol. The van der Waals surface area contributed by atoms with E-state index in [0.29, 0.717) is 30.2 Å². The van der Waals surface area contributed by atoms with Crippen molar-refractivity contribution < 1.29 is 9.53 Å². The van der Waals surface area contributed by atoms with E-state index in [-0.39, 0.29) is 5.91 Å². The van der Waals surface area contributed by atoms with Crippen molar-refractivity contribution >= 4 is 11.6 Å². The molecule has 3 N–H and O–H groups in total. The third-order valence-electron chi connectivity index (χ3n) is 2.70. The third-order valence-corrected chi connectivity index (χ3v) is 2.70. The number of aromatic nitrogens is 1. The zero-order chi connectivity index (χ0) is 14.4. The highest BCUT2D eigenvalue weighted by Gasteiger charge is 2.08. The van der Waals surface area contributed by atoms with E-state index in [1.807, 2.05) is 19.1 Å². The Balaban J connectivity index is 2.05. The van der Waals surface area contributed by atoms with Crippen molar-refractivity contribution in [3.05, 3.63) is 53.9 Å². The Kier molecular flexibility index (Phi) is 4.55. The van der Waals surface area contributed by atoms with Gasteiger partial charge in [-0.25, -0.2) is 0 Å². The van der Waals surface area contributed by atoms with Crippen molar-refractivity contribution in [1.82, 2.24) is 10.3 Å². The summed E-state index contributed by atoms with van der Waals surface area (Å²) in [6.45, 7) is 2.86. The van der Waals surface area contributed by atoms with E-state index in [4.69, 9.17) is 10.5 Å². The largest absolute Gasteiger partial charge is 0.494 e. The molecule has 0 aliphatic heterocycles. The van der Waals surface area contributed by atoms with E-state index in [9.17, 15) is 4.79 Å². The second kappa shape index (κ2) is 6.56. The van der Waals surface area contributed by atoms with E-state index >= 15 is 0 Å². The number of nitrogens with one attached hydrogen (secondary N) is 1. The quantitative estimate of drug-likeness (QED) is 0.815. The minimum Gasteiger partial charge on any atom is -0.494 e. The highest BCUT2D eigenvalue weighted by Crippen LogP contribution is 2.19. The minimum atomic E-state index is -0.185. The van der Waals surface area contributed by atoms with Crippen molar-refractivity contribution in [3.8, 4) is 5.75 Å². The number of hydrogen-bond acceptors (Lipinski definition) is 4. The normalized spacial score (nSPS) is 10.1. The number of nitrogens with two attached hydrogens (primary N) is 1. The number of amides is 1. The number of nitrogen functional groups attached to an aromatic ring is 1. The van der Waals surface area contributed by atoms with Crippen LogP contribution in [0.4, 0.5) is 5.69 Å². The van der Waals surface area contributed by atoms with Crippen LogP contribution < -0.4 is 15.8 Å². The smallest absolute Gasteiger partial charge is 0.251 e. The summed E-state index contributed by atoms with van der Waals surface area (Å²) in [5.74, 6) is 0.414. The number of nitrogens with zero attached hydrogens (tertiary/aromatic N) is 1. The summed E-state index contributed by atoms with van der Waals surface area (Å²) < 4.78 is 5.37. The van der Waals surface area contributed by atoms with E-state index in [1.54, 1.807) is 30.6 Å². The molecule has 0 fully saturated rings. The Morgan fingerprint density at radius 1 is 1.30 bits per heavy atom. The van der Waals surface area contributed by atoms with Gasteiger partial charge in [-0.1, -0.05) is 0 Å². The second-order valence-corrected chi connectivity index (χ2v) is 4.26. The van der Waals surface area contributed by atoms with Crippen LogP contribution in [0.1, 0.15) is 22.8 Å². The first-order chi connectivity index (χ1) is 9.69. The molecule has 0 aliphatic carbocycles. The summed E-state index contributed by atoms with van der Waals surface area (Å²) >= 11 is 0. The first kappa shape index (κ1) is 13.9. The van der Waals surface area contributed by atoms with Gasteiger partial charge >= 0.3 is 0 Å². The molecule has 2 rings (SSSR count). The molecule has 1 amide bonds. The molecule has 0 radical (unpaired) electrons. The molecule has 1 heterocycles. The van der Waals surface area contributed by atoms with Crippen LogP contribution >= 0.6 is 0 Å². The maximum absolute atomic E-state index is 12.1. The van der Waals surface area contributed by atoms with Crippen LogP contribution in [0.3, 0.4) is 0 Å². The summed E-state index contributed by atoms with van der Waals surface area (Å²) in [5, 5.41) is 2.83. The van der Waals surface area contributed by atoms with Gasteiger partial charge < -0.3 is 15.8 Å². The van der Waals surface area contributed by atoms with Crippen LogP contribution in [0.5, 0.6) is 5.75 Å². The van der Waals surface area contributed by atoms with E-state index in [2.05, 4.69) is 10.3 Å². The minimum absolute atomic E-state index is 0.185. The van der Waals surface area contributed by atoms with Crippen molar-refractivity contribution in [3.63, 3.8) is 0 Å². The summed E-state index contributed by atoms with van der Waals surface area (Å²) in [6.07, 6.45) is 3.38. The van der Waals surface area contributed by atoms with Gasteiger partial charge in [-0.05, 0) is 36.8 Å². The molecule has 0 atom stereocenters. The molecular weight excluding hydrogens is 254 g/mol. The van der Waals surface area contributed by atoms with Gasteiger partial charge in [-0.3, -0.25) is 9.78 Å². The van der Waals surface area contributed by atoms with E-state index in [0.717, 1.165) is 5.56 Å². The molecule has 104 valence electrons. The predicted octanol–water partition coefficient (Wildman–Crippen LogP) is 1.99. The molecule has 0 bridgehead atoms. The average molecular weight is 271 g/mol. The Morgan fingerprint density at radius 3 is 2.75 bits per heavy atom. The average Bonchev–Trinajstić information content (AvgIpc) is 2.45. The summed E-state index contributed by atoms with van der Waals surface area (Å²) in [5.41, 5.74) is 7.75. The molecule has 1 aromatic heterocycles. The molecule has 0 saturated heterocycles. The van der Waals surface area contributed by atoms with E-state index < -0.39 is 0 Å². The number of benzene rings is 1. The van der Waals surface area contributed by atoms with Gasteiger partial charge in [0.25, 0.3) is 5.91 Å². The fraction of sp³-hybridized carbons (Fsp3) is 0.200. The number of ether oxygens (including phenoxy) is 1. The Morgan fingerprint density at radius 2 is 2.05 bits per heavy atom. The van der Waals surface area contributed by atoms with Gasteiger partial charge in [0.1, 0.15) is 5.75 Å². The first-order valence-corrected chi connectivity index (χ1v) is 6.39. The zero-order valence-corrected chi connectivity index (χ0v) is 11.3. The topological polar surface area (TPSA) is 77.2 Å². The number of carbonyl (C=O) groups excluding carboxylic acids is 1. The maximum Gasteiger partial charge on any atom is 0.251 e. The van der Waals surface area contributed by atoms with Crippen molar-refractivity contribution in [2.24, 2.45) is 0 Å². The monoisotopic (exact) mass is 271 g/mol. The molecule has 0 unspecified atom stereocenters. The number of anilines is 1. The fourth-order valence-electron chi connectivity index (χ4n) is 1.79. The SMILES string of the molecule is CCOc1cc(N)cc(C(=O)NCc2ccncc2)c1. The molecule has 2 aromatic rings. The molecule has 0 spiro atoms. The van der Waals surface area contributed by atoms with Crippen LogP contribution in [-0.2, 0) is 6.54 Å². The first-order valence-electron chi connectivity index (χ1n) is 6.39. The van der Waals surface area contributed by atoms with Gasteiger partial charge in [0, 0.05) is 36.3 Å². The Labute approximate surface area is 117 Å². The standard InChI is InChI=1S/C15H17N3O2/c1-2-20-14-8-12(7-13(16)9-14)15(19)18-10-11-3-5-17-6-4-11/h3-9H,2,10,16H2,1H3,(H,18,19). The summed E-state index contributed by atoms with van der Waals surface area (Å²) in [4.78, 5) is 16.0. The third kappa shape index (κ3) is 3.71.